The van der Waals surface area contributed by atoms with Gasteiger partial charge in [-0.1, -0.05) is 42.5 Å². The summed E-state index contributed by atoms with van der Waals surface area (Å²) < 4.78 is 5.17. The third-order valence-electron chi connectivity index (χ3n) is 6.11. The van der Waals surface area contributed by atoms with Crippen LogP contribution in [0.5, 0.6) is 0 Å². The summed E-state index contributed by atoms with van der Waals surface area (Å²) in [6, 6.07) is 21.6. The Morgan fingerprint density at radius 3 is 1.97 bits per heavy atom. The fraction of sp³-hybridized carbons (Fsp3) is 0.148. The molecule has 1 fully saturated rings. The number of esters is 1. The lowest BCUT2D eigenvalue weighted by molar-refractivity contribution is -0.147. The average Bonchev–Trinajstić information content (AvgIpc) is 3.40. The van der Waals surface area contributed by atoms with Crippen molar-refractivity contribution in [2.75, 3.05) is 23.0 Å². The van der Waals surface area contributed by atoms with Gasteiger partial charge in [0.2, 0.25) is 5.91 Å². The molecule has 2 heterocycles. The van der Waals surface area contributed by atoms with Crippen LogP contribution in [-0.4, -0.2) is 42.6 Å². The lowest BCUT2D eigenvalue weighted by Crippen LogP contribution is -2.30. The zero-order valence-electron chi connectivity index (χ0n) is 18.5. The van der Waals surface area contributed by atoms with Crippen molar-refractivity contribution in [3.8, 4) is 0 Å². The first-order valence-electron chi connectivity index (χ1n) is 11.1. The number of rotatable bonds is 6. The highest BCUT2D eigenvalue weighted by atomic mass is 16.5. The van der Waals surface area contributed by atoms with Gasteiger partial charge in [0.15, 0.2) is 12.4 Å². The van der Waals surface area contributed by atoms with E-state index in [0.29, 0.717) is 28.1 Å². The number of anilines is 2. The Balaban J connectivity index is 1.23. The number of ketones is 1. The number of benzene rings is 3. The van der Waals surface area contributed by atoms with Crippen LogP contribution in [0.2, 0.25) is 0 Å². The number of carbonyl (C=O) groups is 5. The summed E-state index contributed by atoms with van der Waals surface area (Å²) in [6.45, 7) is -0.272. The van der Waals surface area contributed by atoms with E-state index in [4.69, 9.17) is 4.74 Å². The molecule has 0 aromatic heterocycles. The first kappa shape index (κ1) is 22.2. The number of ether oxygens (including phenoxy) is 1. The summed E-state index contributed by atoms with van der Waals surface area (Å²) in [4.78, 5) is 65.1. The van der Waals surface area contributed by atoms with Gasteiger partial charge >= 0.3 is 5.97 Å². The Morgan fingerprint density at radius 1 is 0.771 bits per heavy atom. The molecule has 5 rings (SSSR count). The van der Waals surface area contributed by atoms with E-state index in [1.807, 2.05) is 0 Å². The van der Waals surface area contributed by atoms with Gasteiger partial charge < -0.3 is 9.64 Å². The first-order chi connectivity index (χ1) is 16.9. The van der Waals surface area contributed by atoms with Crippen LogP contribution >= 0.6 is 0 Å². The van der Waals surface area contributed by atoms with Gasteiger partial charge in [0.05, 0.1) is 22.7 Å². The van der Waals surface area contributed by atoms with Crippen molar-refractivity contribution in [3.63, 3.8) is 0 Å². The molecule has 8 heteroatoms. The highest BCUT2D eigenvalue weighted by molar-refractivity contribution is 6.34. The third kappa shape index (κ3) is 4.10. The Morgan fingerprint density at radius 2 is 1.34 bits per heavy atom. The fourth-order valence-corrected chi connectivity index (χ4v) is 4.28. The number of hydrogen-bond donors (Lipinski definition) is 0. The quantitative estimate of drug-likeness (QED) is 0.313. The molecule has 2 aliphatic heterocycles. The molecule has 0 saturated carbocycles. The largest absolute Gasteiger partial charge is 0.457 e. The maximum atomic E-state index is 12.7. The molecule has 0 bridgehead atoms. The van der Waals surface area contributed by atoms with Gasteiger partial charge in [0.25, 0.3) is 11.8 Å². The van der Waals surface area contributed by atoms with Gasteiger partial charge in [-0.05, 0) is 36.4 Å². The van der Waals surface area contributed by atoms with Crippen molar-refractivity contribution in [1.82, 2.24) is 0 Å². The van der Waals surface area contributed by atoms with Crippen molar-refractivity contribution >= 4 is 40.8 Å². The van der Waals surface area contributed by atoms with E-state index in [0.717, 1.165) is 4.90 Å². The lowest BCUT2D eigenvalue weighted by Gasteiger charge is -2.19. The molecule has 174 valence electrons. The van der Waals surface area contributed by atoms with Gasteiger partial charge in [-0.2, -0.15) is 0 Å². The molecule has 3 aromatic carbocycles. The van der Waals surface area contributed by atoms with Gasteiger partial charge in [0.1, 0.15) is 0 Å². The van der Waals surface area contributed by atoms with Crippen molar-refractivity contribution in [3.05, 3.63) is 95.6 Å². The highest BCUT2D eigenvalue weighted by Crippen LogP contribution is 2.31. The summed E-state index contributed by atoms with van der Waals surface area (Å²) in [5.41, 5.74) is 2.07. The standard InChI is InChI=1S/C27H20N2O6/c30-23(17-6-2-1-3-7-17)16-35-27(34)18-14-24(31)28(15-18)19-10-12-20(13-11-19)29-25(32)21-8-4-5-9-22(21)26(29)33/h1-13,18H,14-16H2/t18-/m1/s1. The number of fused-ring (bicyclic) bond motifs is 1. The number of Topliss-reactive ketones (excluding diaryl/α,β-unsaturated/α-hetero) is 1. The van der Waals surface area contributed by atoms with E-state index in [2.05, 4.69) is 0 Å². The van der Waals surface area contributed by atoms with Crippen LogP contribution in [0.15, 0.2) is 78.9 Å². The first-order valence-corrected chi connectivity index (χ1v) is 11.1. The SMILES string of the molecule is O=C(COC(=O)[C@@H]1CC(=O)N(c2ccc(N3C(=O)c4ccccc4C3=O)cc2)C1)c1ccccc1. The lowest BCUT2D eigenvalue weighted by atomic mass is 10.1. The van der Waals surface area contributed by atoms with Crippen LogP contribution in [0.4, 0.5) is 11.4 Å². The van der Waals surface area contributed by atoms with E-state index >= 15 is 0 Å². The molecule has 2 aliphatic rings. The minimum Gasteiger partial charge on any atom is -0.457 e. The smallest absolute Gasteiger partial charge is 0.311 e. The molecule has 0 unspecified atom stereocenters. The van der Waals surface area contributed by atoms with E-state index < -0.39 is 23.7 Å². The molecule has 0 radical (unpaired) electrons. The molecule has 1 saturated heterocycles. The van der Waals surface area contributed by atoms with Crippen LogP contribution in [-0.2, 0) is 14.3 Å². The predicted octanol–water partition coefficient (Wildman–Crippen LogP) is 3.27. The van der Waals surface area contributed by atoms with Crippen molar-refractivity contribution in [2.45, 2.75) is 6.42 Å². The van der Waals surface area contributed by atoms with E-state index in [9.17, 15) is 24.0 Å². The maximum absolute atomic E-state index is 12.7. The second-order valence-electron chi connectivity index (χ2n) is 8.31. The summed E-state index contributed by atoms with van der Waals surface area (Å²) in [6.07, 6.45) is -0.0292. The van der Waals surface area contributed by atoms with Crippen LogP contribution in [0, 0.1) is 5.92 Å². The van der Waals surface area contributed by atoms with Crippen molar-refractivity contribution in [2.24, 2.45) is 5.92 Å². The second kappa shape index (κ2) is 8.98. The molecule has 0 spiro atoms. The Hall–Kier alpha value is -4.59. The number of imide groups is 1. The Bertz CT molecular complexity index is 1310. The third-order valence-corrected chi connectivity index (χ3v) is 6.11. The van der Waals surface area contributed by atoms with Gasteiger partial charge in [-0.3, -0.25) is 24.0 Å². The Kier molecular flexibility index (Phi) is 5.70. The zero-order chi connectivity index (χ0) is 24.5. The van der Waals surface area contributed by atoms with Gasteiger partial charge in [0, 0.05) is 24.2 Å². The molecular weight excluding hydrogens is 448 g/mol. The number of amides is 3. The summed E-state index contributed by atoms with van der Waals surface area (Å²) in [7, 11) is 0. The van der Waals surface area contributed by atoms with E-state index in [1.165, 1.54) is 4.90 Å². The summed E-state index contributed by atoms with van der Waals surface area (Å²) >= 11 is 0. The molecule has 8 nitrogen and oxygen atoms in total. The van der Waals surface area contributed by atoms with Crippen LogP contribution < -0.4 is 9.80 Å². The van der Waals surface area contributed by atoms with Gasteiger partial charge in [-0.15, -0.1) is 0 Å². The molecule has 1 atom stereocenters. The molecule has 3 aromatic rings. The second-order valence-corrected chi connectivity index (χ2v) is 8.31. The van der Waals surface area contributed by atoms with E-state index in [1.54, 1.807) is 78.9 Å². The fourth-order valence-electron chi connectivity index (χ4n) is 4.28. The Labute approximate surface area is 200 Å². The normalized spacial score (nSPS) is 17.0. The zero-order valence-corrected chi connectivity index (χ0v) is 18.5. The topological polar surface area (TPSA) is 101 Å². The molecule has 35 heavy (non-hydrogen) atoms. The number of carbonyl (C=O) groups excluding carboxylic acids is 5. The predicted molar refractivity (Wildman–Crippen MR) is 126 cm³/mol. The molecule has 0 N–H and O–H groups in total. The molecular formula is C27H20N2O6. The molecule has 0 aliphatic carbocycles. The van der Waals surface area contributed by atoms with Crippen LogP contribution in [0.25, 0.3) is 0 Å². The number of nitrogens with zero attached hydrogens (tertiary/aromatic N) is 2. The minimum absolute atomic E-state index is 0.0292. The monoisotopic (exact) mass is 468 g/mol. The number of hydrogen-bond acceptors (Lipinski definition) is 6. The molecule has 3 amide bonds. The van der Waals surface area contributed by atoms with E-state index in [-0.39, 0.29) is 31.3 Å². The van der Waals surface area contributed by atoms with Crippen molar-refractivity contribution in [1.29, 1.82) is 0 Å². The maximum Gasteiger partial charge on any atom is 0.311 e. The van der Waals surface area contributed by atoms with Gasteiger partial charge in [-0.25, -0.2) is 4.90 Å². The average molecular weight is 468 g/mol. The summed E-state index contributed by atoms with van der Waals surface area (Å²) in [5.74, 6) is -2.67. The van der Waals surface area contributed by atoms with Crippen LogP contribution in [0.1, 0.15) is 37.5 Å². The summed E-state index contributed by atoms with van der Waals surface area (Å²) in [5, 5.41) is 0. The van der Waals surface area contributed by atoms with Crippen molar-refractivity contribution < 1.29 is 28.7 Å². The highest BCUT2D eigenvalue weighted by Gasteiger charge is 2.38. The van der Waals surface area contributed by atoms with Crippen LogP contribution in [0.3, 0.4) is 0 Å². The minimum atomic E-state index is -0.693.